The second kappa shape index (κ2) is 6.49. The van der Waals surface area contributed by atoms with E-state index >= 15 is 0 Å². The van der Waals surface area contributed by atoms with E-state index < -0.39 is 0 Å². The predicted molar refractivity (Wildman–Crippen MR) is 72.4 cm³/mol. The van der Waals surface area contributed by atoms with Crippen LogP contribution >= 0.6 is 0 Å². The third-order valence-corrected chi connectivity index (χ3v) is 3.23. The third-order valence-electron chi connectivity index (χ3n) is 3.23. The van der Waals surface area contributed by atoms with Crippen LogP contribution in [0.25, 0.3) is 0 Å². The summed E-state index contributed by atoms with van der Waals surface area (Å²) >= 11 is 0. The van der Waals surface area contributed by atoms with Crippen LogP contribution in [0.4, 0.5) is 0 Å². The van der Waals surface area contributed by atoms with Crippen molar-refractivity contribution in [3.05, 3.63) is 23.5 Å². The number of hydrogen-bond donors (Lipinski definition) is 3. The molecule has 1 saturated heterocycles. The summed E-state index contributed by atoms with van der Waals surface area (Å²) in [7, 11) is 0. The first-order valence-electron chi connectivity index (χ1n) is 6.58. The van der Waals surface area contributed by atoms with Gasteiger partial charge in [0.15, 0.2) is 5.78 Å². The molecule has 0 atom stereocenters. The van der Waals surface area contributed by atoms with Gasteiger partial charge in [0.05, 0.1) is 5.69 Å². The quantitative estimate of drug-likeness (QED) is 0.647. The van der Waals surface area contributed by atoms with Crippen molar-refractivity contribution in [2.24, 2.45) is 0 Å². The van der Waals surface area contributed by atoms with Crippen molar-refractivity contribution < 1.29 is 9.59 Å². The Labute approximate surface area is 112 Å². The van der Waals surface area contributed by atoms with E-state index in [1.807, 2.05) is 0 Å². The zero-order valence-corrected chi connectivity index (χ0v) is 11.2. The lowest BCUT2D eigenvalue weighted by atomic mass is 10.3. The molecule has 1 aliphatic rings. The molecule has 0 unspecified atom stereocenters. The van der Waals surface area contributed by atoms with Crippen molar-refractivity contribution in [1.29, 1.82) is 0 Å². The molecule has 19 heavy (non-hydrogen) atoms. The first kappa shape index (κ1) is 13.8. The summed E-state index contributed by atoms with van der Waals surface area (Å²) in [6.07, 6.45) is 0. The molecule has 2 heterocycles. The Morgan fingerprint density at radius 2 is 1.95 bits per heavy atom. The summed E-state index contributed by atoms with van der Waals surface area (Å²) < 4.78 is 0. The average molecular weight is 264 g/mol. The number of carbonyl (C=O) groups is 2. The van der Waals surface area contributed by atoms with Crippen LogP contribution < -0.4 is 10.6 Å². The Bertz CT molecular complexity index is 449. The van der Waals surface area contributed by atoms with Crippen LogP contribution in [0.5, 0.6) is 0 Å². The molecule has 0 saturated carbocycles. The number of carbonyl (C=O) groups excluding carboxylic acids is 2. The Morgan fingerprint density at radius 3 is 2.58 bits per heavy atom. The first-order chi connectivity index (χ1) is 9.16. The van der Waals surface area contributed by atoms with E-state index in [-0.39, 0.29) is 11.7 Å². The van der Waals surface area contributed by atoms with Gasteiger partial charge < -0.3 is 15.6 Å². The van der Waals surface area contributed by atoms with Gasteiger partial charge in [0.1, 0.15) is 5.69 Å². The van der Waals surface area contributed by atoms with Crippen molar-refractivity contribution in [2.45, 2.75) is 6.92 Å². The number of aromatic amines is 1. The highest BCUT2D eigenvalue weighted by molar-refractivity contribution is 5.97. The van der Waals surface area contributed by atoms with E-state index in [4.69, 9.17) is 0 Å². The van der Waals surface area contributed by atoms with Crippen LogP contribution in [0.1, 0.15) is 27.9 Å². The van der Waals surface area contributed by atoms with E-state index in [2.05, 4.69) is 20.5 Å². The van der Waals surface area contributed by atoms with Gasteiger partial charge >= 0.3 is 0 Å². The second-order valence-corrected chi connectivity index (χ2v) is 4.69. The second-order valence-electron chi connectivity index (χ2n) is 4.69. The summed E-state index contributed by atoms with van der Waals surface area (Å²) in [5.41, 5.74) is 0.901. The van der Waals surface area contributed by atoms with Crippen molar-refractivity contribution in [3.63, 3.8) is 0 Å². The first-order valence-corrected chi connectivity index (χ1v) is 6.58. The molecule has 0 radical (unpaired) electrons. The van der Waals surface area contributed by atoms with Gasteiger partial charge in [0, 0.05) is 46.2 Å². The summed E-state index contributed by atoms with van der Waals surface area (Å²) in [6.45, 7) is 7.00. The minimum absolute atomic E-state index is 0.0696. The zero-order chi connectivity index (χ0) is 13.7. The highest BCUT2D eigenvalue weighted by Crippen LogP contribution is 2.02. The molecule has 2 rings (SSSR count). The van der Waals surface area contributed by atoms with Crippen molar-refractivity contribution in [2.75, 3.05) is 39.3 Å². The summed E-state index contributed by atoms with van der Waals surface area (Å²) in [4.78, 5) is 28.1. The molecule has 104 valence electrons. The van der Waals surface area contributed by atoms with Gasteiger partial charge in [-0.2, -0.15) is 0 Å². The lowest BCUT2D eigenvalue weighted by molar-refractivity contribution is 0.0943. The molecular weight excluding hydrogens is 244 g/mol. The molecule has 6 heteroatoms. The van der Waals surface area contributed by atoms with Crippen molar-refractivity contribution >= 4 is 11.7 Å². The molecule has 1 aromatic heterocycles. The Hall–Kier alpha value is -1.66. The van der Waals surface area contributed by atoms with E-state index in [1.54, 1.807) is 12.1 Å². The number of H-pyrrole nitrogens is 1. The number of Topliss-reactive ketones (excluding diaryl/α,β-unsaturated/α-hetero) is 1. The summed E-state index contributed by atoms with van der Waals surface area (Å²) in [5.74, 6) is -0.234. The number of nitrogens with zero attached hydrogens (tertiary/aromatic N) is 1. The predicted octanol–water partition coefficient (Wildman–Crippen LogP) is -0.148. The standard InChI is InChI=1S/C13H20N4O2/c1-10(18)11-2-3-12(16-11)13(19)15-6-9-17-7-4-14-5-8-17/h2-3,14,16H,4-9H2,1H3,(H,15,19). The van der Waals surface area contributed by atoms with Gasteiger partial charge in [-0.1, -0.05) is 0 Å². The van der Waals surface area contributed by atoms with Crippen LogP contribution in [0.2, 0.25) is 0 Å². The Morgan fingerprint density at radius 1 is 1.26 bits per heavy atom. The van der Waals surface area contributed by atoms with E-state index in [0.29, 0.717) is 17.9 Å². The number of hydrogen-bond acceptors (Lipinski definition) is 4. The molecule has 1 fully saturated rings. The zero-order valence-electron chi connectivity index (χ0n) is 11.2. The maximum Gasteiger partial charge on any atom is 0.267 e. The normalized spacial score (nSPS) is 16.3. The van der Waals surface area contributed by atoms with Crippen molar-refractivity contribution in [3.8, 4) is 0 Å². The summed E-state index contributed by atoms with van der Waals surface area (Å²) in [5, 5.41) is 6.14. The molecule has 0 bridgehead atoms. The van der Waals surface area contributed by atoms with Crippen LogP contribution in [0, 0.1) is 0 Å². The number of rotatable bonds is 5. The van der Waals surface area contributed by atoms with Crippen molar-refractivity contribution in [1.82, 2.24) is 20.5 Å². The minimum Gasteiger partial charge on any atom is -0.349 e. The highest BCUT2D eigenvalue weighted by atomic mass is 16.2. The molecule has 0 aromatic carbocycles. The Balaban J connectivity index is 1.75. The van der Waals surface area contributed by atoms with Crippen LogP contribution in [0.15, 0.2) is 12.1 Å². The van der Waals surface area contributed by atoms with E-state index in [0.717, 1.165) is 32.7 Å². The van der Waals surface area contributed by atoms with Gasteiger partial charge in [0.25, 0.3) is 5.91 Å². The molecule has 0 spiro atoms. The lowest BCUT2D eigenvalue weighted by Gasteiger charge is -2.27. The third kappa shape index (κ3) is 3.90. The average Bonchev–Trinajstić information content (AvgIpc) is 2.89. The SMILES string of the molecule is CC(=O)c1ccc(C(=O)NCCN2CCNCC2)[nH]1. The van der Waals surface area contributed by atoms with E-state index in [1.165, 1.54) is 6.92 Å². The van der Waals surface area contributed by atoms with E-state index in [9.17, 15) is 9.59 Å². The fourth-order valence-electron chi connectivity index (χ4n) is 2.09. The molecule has 3 N–H and O–H groups in total. The number of amides is 1. The number of ketones is 1. The van der Waals surface area contributed by atoms with Crippen LogP contribution in [-0.4, -0.2) is 60.8 Å². The van der Waals surface area contributed by atoms with Gasteiger partial charge in [0.2, 0.25) is 0 Å². The maximum absolute atomic E-state index is 11.8. The smallest absolute Gasteiger partial charge is 0.267 e. The number of aromatic nitrogens is 1. The number of nitrogens with one attached hydrogen (secondary N) is 3. The largest absolute Gasteiger partial charge is 0.349 e. The fraction of sp³-hybridized carbons (Fsp3) is 0.538. The van der Waals surface area contributed by atoms with Crippen LogP contribution in [0.3, 0.4) is 0 Å². The van der Waals surface area contributed by atoms with Crippen LogP contribution in [-0.2, 0) is 0 Å². The minimum atomic E-state index is -0.164. The molecule has 1 amide bonds. The maximum atomic E-state index is 11.8. The summed E-state index contributed by atoms with van der Waals surface area (Å²) in [6, 6.07) is 3.27. The van der Waals surface area contributed by atoms with Gasteiger partial charge in [-0.25, -0.2) is 0 Å². The molecule has 1 aromatic rings. The highest BCUT2D eigenvalue weighted by Gasteiger charge is 2.12. The topological polar surface area (TPSA) is 77.2 Å². The molecular formula is C13H20N4O2. The fourth-order valence-corrected chi connectivity index (χ4v) is 2.09. The van der Waals surface area contributed by atoms with Gasteiger partial charge in [-0.05, 0) is 12.1 Å². The number of piperazine rings is 1. The molecule has 1 aliphatic heterocycles. The monoisotopic (exact) mass is 264 g/mol. The molecule has 0 aliphatic carbocycles. The Kier molecular flexibility index (Phi) is 4.70. The van der Waals surface area contributed by atoms with Gasteiger partial charge in [-0.3, -0.25) is 14.5 Å². The lowest BCUT2D eigenvalue weighted by Crippen LogP contribution is -2.46. The molecule has 6 nitrogen and oxygen atoms in total. The van der Waals surface area contributed by atoms with Gasteiger partial charge in [-0.15, -0.1) is 0 Å².